The average molecular weight is 1050 g/mol. The van der Waals surface area contributed by atoms with E-state index in [1.54, 1.807) is 38.2 Å². The molecule has 390 valence electrons. The second-order valence-corrected chi connectivity index (χ2v) is 20.3. The monoisotopic (exact) mass is 1050 g/mol. The van der Waals surface area contributed by atoms with Gasteiger partial charge in [-0.05, 0) is 113 Å². The smallest absolute Gasteiger partial charge is 0.420 e. The molecule has 4 N–H and O–H groups in total. The van der Waals surface area contributed by atoms with Crippen molar-refractivity contribution >= 4 is 58.0 Å². The van der Waals surface area contributed by atoms with E-state index in [2.05, 4.69) is 23.6 Å². The van der Waals surface area contributed by atoms with Gasteiger partial charge in [-0.2, -0.15) is 18.4 Å². The lowest BCUT2D eigenvalue weighted by atomic mass is 9.85. The van der Waals surface area contributed by atoms with Crippen molar-refractivity contribution < 1.29 is 66.3 Å². The van der Waals surface area contributed by atoms with Crippen molar-refractivity contribution in [3.05, 3.63) is 105 Å². The summed E-state index contributed by atoms with van der Waals surface area (Å²) in [6.07, 6.45) is -2.42. The van der Waals surface area contributed by atoms with Crippen LogP contribution in [0.2, 0.25) is 0 Å². The molecule has 0 aliphatic carbocycles. The second kappa shape index (κ2) is 25.6. The Kier molecular flexibility index (Phi) is 19.6. The van der Waals surface area contributed by atoms with Crippen LogP contribution in [0.25, 0.3) is 16.5 Å². The van der Waals surface area contributed by atoms with E-state index in [0.29, 0.717) is 44.1 Å². The van der Waals surface area contributed by atoms with Crippen molar-refractivity contribution in [2.45, 2.75) is 84.3 Å². The predicted molar refractivity (Wildman–Crippen MR) is 267 cm³/mol. The van der Waals surface area contributed by atoms with E-state index >= 15 is 0 Å². The highest BCUT2D eigenvalue weighted by molar-refractivity contribution is 8.18. The molecule has 0 spiro atoms. The maximum Gasteiger partial charge on any atom is 0.420 e. The van der Waals surface area contributed by atoms with Crippen LogP contribution in [0, 0.1) is 23.7 Å². The second-order valence-electron chi connectivity index (χ2n) is 18.4. The molecule has 16 nitrogen and oxygen atoms in total. The minimum Gasteiger partial charge on any atom is -0.504 e. The number of ether oxygens (including phenoxy) is 4. The van der Waals surface area contributed by atoms with Crippen molar-refractivity contribution in [1.82, 2.24) is 20.4 Å². The summed E-state index contributed by atoms with van der Waals surface area (Å²) in [6, 6.07) is 16.3. The maximum atomic E-state index is 13.9. The Labute approximate surface area is 429 Å². The number of nitriles is 1. The number of carbonyl (C=O) groups is 5. The molecule has 0 saturated carbocycles. The highest BCUT2D eigenvalue weighted by Crippen LogP contribution is 2.41. The Morgan fingerprint density at radius 1 is 0.918 bits per heavy atom. The van der Waals surface area contributed by atoms with Crippen LogP contribution in [0.1, 0.15) is 74.3 Å². The van der Waals surface area contributed by atoms with Gasteiger partial charge in [0.1, 0.15) is 24.4 Å². The number of carbonyl (C=O) groups excluding carboxylic acids is 5. The predicted octanol–water partition coefficient (Wildman–Crippen LogP) is 8.18. The summed E-state index contributed by atoms with van der Waals surface area (Å²) in [6.45, 7) is 8.75. The topological polar surface area (TPSA) is 217 Å². The number of nitrogens with one attached hydrogen (secondary N) is 2. The normalized spacial score (nSPS) is 17.0. The zero-order chi connectivity index (χ0) is 52.9. The first kappa shape index (κ1) is 56.0. The number of nitrogens with zero attached hydrogens (tertiary/aromatic N) is 3. The number of imide groups is 1. The molecule has 73 heavy (non-hydrogen) atoms. The van der Waals surface area contributed by atoms with Crippen molar-refractivity contribution in [1.29, 1.82) is 5.26 Å². The number of thioether (sulfide) groups is 1. The molecule has 0 bridgehead atoms. The lowest BCUT2D eigenvalue weighted by Gasteiger charge is -2.35. The summed E-state index contributed by atoms with van der Waals surface area (Å²) >= 11 is 2.39. The van der Waals surface area contributed by atoms with Gasteiger partial charge in [0, 0.05) is 37.5 Å². The molecule has 5 amide bonds. The summed E-state index contributed by atoms with van der Waals surface area (Å²) < 4.78 is 62.7. The first-order chi connectivity index (χ1) is 34.7. The number of phenolic OH excluding ortho intramolecular Hbond substituents is 1. The van der Waals surface area contributed by atoms with E-state index in [9.17, 15) is 47.4 Å². The van der Waals surface area contributed by atoms with Crippen molar-refractivity contribution in [2.75, 3.05) is 52.7 Å². The number of aryl methyl sites for hydroxylation is 1. The van der Waals surface area contributed by atoms with Gasteiger partial charge in [0.05, 0.1) is 54.6 Å². The molecule has 2 fully saturated rings. The van der Waals surface area contributed by atoms with E-state index < -0.39 is 75.7 Å². The number of rotatable bonds is 23. The summed E-state index contributed by atoms with van der Waals surface area (Å²) in [4.78, 5) is 69.7. The largest absolute Gasteiger partial charge is 0.504 e. The molecule has 2 aliphatic heterocycles. The molecule has 0 unspecified atom stereocenters. The Bertz CT molecular complexity index is 2680. The number of β-amino-alcohol motifs (C(OH)–C–C–N with tert-alkyl or cyclic N) is 1. The van der Waals surface area contributed by atoms with Gasteiger partial charge >= 0.3 is 6.18 Å². The van der Waals surface area contributed by atoms with Crippen molar-refractivity contribution in [2.24, 2.45) is 5.41 Å². The fraction of sp³-hybridized carbons (Fsp3) is 0.423. The van der Waals surface area contributed by atoms with Gasteiger partial charge in [0.2, 0.25) is 17.7 Å². The highest BCUT2D eigenvalue weighted by Gasteiger charge is 2.44. The van der Waals surface area contributed by atoms with Gasteiger partial charge in [0.25, 0.3) is 11.1 Å². The third-order valence-corrected chi connectivity index (χ3v) is 13.7. The standard InChI is InChI=1S/C52H58F3N5O11S2/c1-32-16-23-72-45(32)36-12-8-33(9-13-36)29-57-47(64)39-27-37(61)30-60(39)49(66)46(51(2,3)4)58-44(63)31-70-22-21-69-20-19-68-18-7-5-6-17-59-48(65)43(73-50(59)67)26-34-10-15-42(40(62)25-34)71-41-14-11-35(28-56)24-38(41)52(53,54)55/h8-16,23-26,37,39,46,61-62H,5-7,17-22,27,29-31H2,1-4H3,(H,57,64)(H,58,63)/b43-26-/t37-,39+,46-/m1/s1. The average Bonchev–Trinajstić information content (AvgIpc) is 4.04. The van der Waals surface area contributed by atoms with Crippen LogP contribution in [-0.4, -0.2) is 120 Å². The molecule has 2 saturated heterocycles. The van der Waals surface area contributed by atoms with Crippen LogP contribution in [0.15, 0.2) is 77.0 Å². The molecule has 2 aliphatic rings. The number of aliphatic hydroxyl groups excluding tert-OH is 1. The van der Waals surface area contributed by atoms with Gasteiger partial charge in [0.15, 0.2) is 11.5 Å². The summed E-state index contributed by atoms with van der Waals surface area (Å²) in [5.74, 6) is -3.32. The van der Waals surface area contributed by atoms with Crippen LogP contribution in [0.4, 0.5) is 18.0 Å². The van der Waals surface area contributed by atoms with Gasteiger partial charge in [-0.25, -0.2) is 0 Å². The van der Waals surface area contributed by atoms with Crippen LogP contribution < -0.4 is 15.4 Å². The number of phenols is 1. The number of alkyl halides is 3. The van der Waals surface area contributed by atoms with Crippen LogP contribution in [-0.2, 0) is 46.1 Å². The van der Waals surface area contributed by atoms with Gasteiger partial charge in [-0.15, -0.1) is 11.3 Å². The number of hydrogen-bond acceptors (Lipinski definition) is 14. The lowest BCUT2D eigenvalue weighted by Crippen LogP contribution is -2.58. The minimum absolute atomic E-state index is 0.0446. The highest BCUT2D eigenvalue weighted by atomic mass is 32.2. The van der Waals surface area contributed by atoms with E-state index in [1.807, 2.05) is 29.6 Å². The molecule has 0 radical (unpaired) electrons. The number of amides is 5. The Morgan fingerprint density at radius 3 is 2.27 bits per heavy atom. The zero-order valence-electron chi connectivity index (χ0n) is 40.8. The van der Waals surface area contributed by atoms with E-state index in [-0.39, 0.29) is 68.7 Å². The van der Waals surface area contributed by atoms with Gasteiger partial charge in [-0.3, -0.25) is 28.9 Å². The Morgan fingerprint density at radius 2 is 1.62 bits per heavy atom. The molecule has 3 atom stereocenters. The molecule has 3 aromatic carbocycles. The number of halogens is 3. The fourth-order valence-corrected chi connectivity index (χ4v) is 9.71. The van der Waals surface area contributed by atoms with E-state index in [4.69, 9.17) is 24.2 Å². The van der Waals surface area contributed by atoms with Crippen LogP contribution in [0.5, 0.6) is 17.2 Å². The van der Waals surface area contributed by atoms with Crippen LogP contribution >= 0.6 is 23.1 Å². The summed E-state index contributed by atoms with van der Waals surface area (Å²) in [5, 5.41) is 37.3. The number of aromatic hydroxyl groups is 1. The molecule has 1 aromatic heterocycles. The molecular formula is C52H58F3N5O11S2. The number of thiophene rings is 1. The van der Waals surface area contributed by atoms with Crippen molar-refractivity contribution in [3.63, 3.8) is 0 Å². The number of likely N-dealkylation sites (tertiary alicyclic amines) is 1. The van der Waals surface area contributed by atoms with E-state index in [1.165, 1.54) is 39.6 Å². The summed E-state index contributed by atoms with van der Waals surface area (Å²) in [7, 11) is 0. The first-order valence-corrected chi connectivity index (χ1v) is 25.2. The molecular weight excluding hydrogens is 992 g/mol. The molecule has 3 heterocycles. The number of hydrogen-bond donors (Lipinski definition) is 4. The van der Waals surface area contributed by atoms with Gasteiger partial charge < -0.3 is 44.7 Å². The third kappa shape index (κ3) is 15.6. The zero-order valence-corrected chi connectivity index (χ0v) is 42.4. The number of unbranched alkanes of at least 4 members (excludes halogenated alkanes) is 2. The molecule has 4 aromatic rings. The number of aliphatic hydroxyl groups is 1. The Hall–Kier alpha value is -6.28. The lowest BCUT2D eigenvalue weighted by molar-refractivity contribution is -0.144. The van der Waals surface area contributed by atoms with Crippen LogP contribution in [0.3, 0.4) is 0 Å². The summed E-state index contributed by atoms with van der Waals surface area (Å²) in [5.41, 5.74) is 1.34. The number of benzene rings is 3. The Balaban J connectivity index is 0.827. The SMILES string of the molecule is Cc1ccsc1-c1ccc(CNC(=O)[C@@H]2C[C@@H](O)CN2C(=O)[C@@H](NC(=O)COCCOCCOCCCCCN2C(=O)S/C(=C\c3ccc(Oc4ccc(C#N)cc4C(F)(F)F)c(O)c3)C2=O)C(C)(C)C)cc1. The molecule has 6 rings (SSSR count). The molecule has 21 heteroatoms. The quantitative estimate of drug-likeness (QED) is 0.0408. The van der Waals surface area contributed by atoms with E-state index in [0.717, 1.165) is 39.9 Å². The first-order valence-electron chi connectivity index (χ1n) is 23.5. The van der Waals surface area contributed by atoms with Gasteiger partial charge in [-0.1, -0.05) is 51.1 Å². The maximum absolute atomic E-state index is 13.9. The fourth-order valence-electron chi connectivity index (χ4n) is 7.91. The third-order valence-electron chi connectivity index (χ3n) is 11.8. The minimum atomic E-state index is -4.82. The van der Waals surface area contributed by atoms with Crippen molar-refractivity contribution in [3.8, 4) is 33.8 Å².